The Hall–Kier alpha value is -1.90. The van der Waals surface area contributed by atoms with Crippen molar-refractivity contribution in [1.82, 2.24) is 4.98 Å². The molecule has 0 spiro atoms. The van der Waals surface area contributed by atoms with E-state index in [1.165, 1.54) is 12.1 Å². The molecule has 116 valence electrons. The van der Waals surface area contributed by atoms with Gasteiger partial charge in [0.1, 0.15) is 11.6 Å². The number of pyridine rings is 1. The third kappa shape index (κ3) is 4.28. The predicted molar refractivity (Wildman–Crippen MR) is 80.3 cm³/mol. The monoisotopic (exact) mass is 314 g/mol. The predicted octanol–water partition coefficient (Wildman–Crippen LogP) is 1.27. The molecule has 0 aliphatic carbocycles. The molecule has 21 heavy (non-hydrogen) atoms. The lowest BCUT2D eigenvalue weighted by Gasteiger charge is -2.11. The van der Waals surface area contributed by atoms with Gasteiger partial charge in [-0.05, 0) is 19.3 Å². The Labute approximate surface area is 123 Å². The van der Waals surface area contributed by atoms with E-state index in [1.807, 2.05) is 6.92 Å². The Kier molecular flexibility index (Phi) is 4.61. The smallest absolute Gasteiger partial charge is 0.276 e. The van der Waals surface area contributed by atoms with Crippen molar-refractivity contribution in [2.45, 2.75) is 13.3 Å². The van der Waals surface area contributed by atoms with E-state index < -0.39 is 14.8 Å². The van der Waals surface area contributed by atoms with Gasteiger partial charge in [0, 0.05) is 13.1 Å². The Morgan fingerprint density at radius 3 is 2.57 bits per heavy atom. The third-order valence-corrected chi connectivity index (χ3v) is 5.11. The average Bonchev–Trinajstić information content (AvgIpc) is 2.76. The molecule has 1 aromatic rings. The van der Waals surface area contributed by atoms with E-state index in [-0.39, 0.29) is 23.1 Å². The Morgan fingerprint density at radius 2 is 2.05 bits per heavy atom. The average molecular weight is 314 g/mol. The van der Waals surface area contributed by atoms with Crippen LogP contribution in [-0.2, 0) is 9.84 Å². The van der Waals surface area contributed by atoms with Gasteiger partial charge in [0.25, 0.3) is 5.69 Å². The first-order chi connectivity index (χ1) is 9.89. The topological polar surface area (TPSA) is 114 Å². The minimum atomic E-state index is -2.92. The maximum absolute atomic E-state index is 11.4. The number of aromatic nitrogens is 1. The van der Waals surface area contributed by atoms with Crippen molar-refractivity contribution in [3.8, 4) is 0 Å². The molecule has 1 unspecified atom stereocenters. The van der Waals surface area contributed by atoms with Gasteiger partial charge in [-0.2, -0.15) is 0 Å². The van der Waals surface area contributed by atoms with Crippen LogP contribution in [0.1, 0.15) is 13.3 Å². The van der Waals surface area contributed by atoms with E-state index in [0.29, 0.717) is 31.1 Å². The molecule has 0 bridgehead atoms. The lowest BCUT2D eigenvalue weighted by Crippen LogP contribution is -2.16. The number of hydrogen-bond donors (Lipinski definition) is 2. The van der Waals surface area contributed by atoms with Crippen LogP contribution in [0.2, 0.25) is 0 Å². The summed E-state index contributed by atoms with van der Waals surface area (Å²) in [4.78, 5) is 14.6. The van der Waals surface area contributed by atoms with Gasteiger partial charge in [-0.3, -0.25) is 10.1 Å². The molecule has 2 N–H and O–H groups in total. The summed E-state index contributed by atoms with van der Waals surface area (Å²) < 4.78 is 22.8. The third-order valence-electron chi connectivity index (χ3n) is 3.28. The summed E-state index contributed by atoms with van der Waals surface area (Å²) in [6.45, 7) is 2.92. The normalized spacial score (nSPS) is 20.1. The van der Waals surface area contributed by atoms with Crippen LogP contribution in [0.5, 0.6) is 0 Å². The molecule has 0 amide bonds. The zero-order valence-corrected chi connectivity index (χ0v) is 12.5. The summed E-state index contributed by atoms with van der Waals surface area (Å²) in [5.41, 5.74) is -0.0532. The van der Waals surface area contributed by atoms with Gasteiger partial charge in [-0.1, -0.05) is 0 Å². The second-order valence-electron chi connectivity index (χ2n) is 5.03. The molecule has 1 aliphatic rings. The van der Waals surface area contributed by atoms with E-state index in [9.17, 15) is 18.5 Å². The zero-order valence-electron chi connectivity index (χ0n) is 11.7. The second-order valence-corrected chi connectivity index (χ2v) is 7.26. The van der Waals surface area contributed by atoms with Gasteiger partial charge in [0.15, 0.2) is 9.84 Å². The minimum Gasteiger partial charge on any atom is -0.370 e. The molecule has 1 fully saturated rings. The maximum atomic E-state index is 11.4. The molecule has 1 atom stereocenters. The van der Waals surface area contributed by atoms with E-state index in [1.54, 1.807) is 0 Å². The Balaban J connectivity index is 2.06. The number of anilines is 2. The van der Waals surface area contributed by atoms with Gasteiger partial charge in [-0.25, -0.2) is 13.4 Å². The van der Waals surface area contributed by atoms with E-state index in [0.717, 1.165) is 0 Å². The first-order valence-corrected chi connectivity index (χ1v) is 8.56. The fourth-order valence-electron chi connectivity index (χ4n) is 2.27. The van der Waals surface area contributed by atoms with Crippen LogP contribution in [0.4, 0.5) is 17.3 Å². The number of nitrogens with one attached hydrogen (secondary N) is 2. The van der Waals surface area contributed by atoms with Crippen LogP contribution >= 0.6 is 0 Å². The van der Waals surface area contributed by atoms with Crippen LogP contribution in [0.25, 0.3) is 0 Å². The first-order valence-electron chi connectivity index (χ1n) is 6.74. The molecular weight excluding hydrogens is 296 g/mol. The van der Waals surface area contributed by atoms with Gasteiger partial charge in [-0.15, -0.1) is 0 Å². The largest absolute Gasteiger partial charge is 0.370 e. The lowest BCUT2D eigenvalue weighted by atomic mass is 10.1. The summed E-state index contributed by atoms with van der Waals surface area (Å²) in [5, 5.41) is 16.8. The summed E-state index contributed by atoms with van der Waals surface area (Å²) in [6.07, 6.45) is 0.615. The number of nitrogens with zero attached hydrogens (tertiary/aromatic N) is 2. The van der Waals surface area contributed by atoms with Crippen molar-refractivity contribution < 1.29 is 13.3 Å². The highest BCUT2D eigenvalue weighted by Crippen LogP contribution is 2.22. The van der Waals surface area contributed by atoms with Gasteiger partial charge in [0.05, 0.1) is 28.6 Å². The van der Waals surface area contributed by atoms with Gasteiger partial charge < -0.3 is 10.6 Å². The van der Waals surface area contributed by atoms with Crippen molar-refractivity contribution in [1.29, 1.82) is 0 Å². The lowest BCUT2D eigenvalue weighted by molar-refractivity contribution is -0.384. The standard InChI is InChI=1S/C12H18N4O4S/c1-2-13-11-5-10(16(17)18)6-12(15-11)14-7-9-3-4-21(19,20)8-9/h5-6,9H,2-4,7-8H2,1H3,(H2,13,14,15). The number of rotatable bonds is 6. The highest BCUT2D eigenvalue weighted by atomic mass is 32.2. The quantitative estimate of drug-likeness (QED) is 0.600. The van der Waals surface area contributed by atoms with Crippen LogP contribution in [0.3, 0.4) is 0 Å². The van der Waals surface area contributed by atoms with Gasteiger partial charge >= 0.3 is 0 Å². The number of nitro groups is 1. The SMILES string of the molecule is CCNc1cc([N+](=O)[O-])cc(NCC2CCS(=O)(=O)C2)n1. The number of sulfone groups is 1. The van der Waals surface area contributed by atoms with Crippen LogP contribution < -0.4 is 10.6 Å². The van der Waals surface area contributed by atoms with E-state index in [2.05, 4.69) is 15.6 Å². The molecule has 0 aromatic carbocycles. The van der Waals surface area contributed by atoms with Crippen molar-refractivity contribution in [3.63, 3.8) is 0 Å². The molecule has 0 saturated carbocycles. The Bertz CT molecular complexity index is 632. The molecule has 2 rings (SSSR count). The van der Waals surface area contributed by atoms with Crippen molar-refractivity contribution >= 4 is 27.2 Å². The van der Waals surface area contributed by atoms with Gasteiger partial charge in [0.2, 0.25) is 0 Å². The van der Waals surface area contributed by atoms with Crippen molar-refractivity contribution in [3.05, 3.63) is 22.2 Å². The van der Waals surface area contributed by atoms with Crippen molar-refractivity contribution in [2.24, 2.45) is 5.92 Å². The van der Waals surface area contributed by atoms with Crippen molar-refractivity contribution in [2.75, 3.05) is 35.2 Å². The second kappa shape index (κ2) is 6.25. The zero-order chi connectivity index (χ0) is 15.5. The molecule has 9 heteroatoms. The molecule has 2 heterocycles. The maximum Gasteiger partial charge on any atom is 0.276 e. The highest BCUT2D eigenvalue weighted by Gasteiger charge is 2.27. The summed E-state index contributed by atoms with van der Waals surface area (Å²) >= 11 is 0. The molecule has 1 aliphatic heterocycles. The molecule has 1 aromatic heterocycles. The van der Waals surface area contributed by atoms with Crippen LogP contribution in [0, 0.1) is 16.0 Å². The van der Waals surface area contributed by atoms with Crippen LogP contribution in [-0.4, -0.2) is 42.9 Å². The molecular formula is C12H18N4O4S. The minimum absolute atomic E-state index is 0.0265. The summed E-state index contributed by atoms with van der Waals surface area (Å²) in [7, 11) is -2.92. The molecule has 1 saturated heterocycles. The summed E-state index contributed by atoms with van der Waals surface area (Å²) in [6, 6.07) is 2.72. The van der Waals surface area contributed by atoms with E-state index in [4.69, 9.17) is 0 Å². The Morgan fingerprint density at radius 1 is 1.38 bits per heavy atom. The fourth-order valence-corrected chi connectivity index (χ4v) is 4.13. The highest BCUT2D eigenvalue weighted by molar-refractivity contribution is 7.91. The molecule has 0 radical (unpaired) electrons. The first kappa shape index (κ1) is 15.5. The summed E-state index contributed by atoms with van der Waals surface area (Å²) in [5.74, 6) is 1.20. The molecule has 8 nitrogen and oxygen atoms in total. The van der Waals surface area contributed by atoms with E-state index >= 15 is 0 Å². The van der Waals surface area contributed by atoms with Crippen LogP contribution in [0.15, 0.2) is 12.1 Å². The fraction of sp³-hybridized carbons (Fsp3) is 0.583. The number of hydrogen-bond acceptors (Lipinski definition) is 7.